The van der Waals surface area contributed by atoms with E-state index in [1.54, 1.807) is 12.2 Å². The van der Waals surface area contributed by atoms with E-state index >= 15 is 0 Å². The number of methoxy groups -OCH3 is 1. The van der Waals surface area contributed by atoms with Crippen LogP contribution in [0.15, 0.2) is 36.1 Å². The lowest BCUT2D eigenvalue weighted by atomic mass is 9.88. The highest BCUT2D eigenvalue weighted by Crippen LogP contribution is 2.40. The van der Waals surface area contributed by atoms with E-state index in [9.17, 15) is 9.59 Å². The monoisotopic (exact) mass is 409 g/mol. The van der Waals surface area contributed by atoms with Crippen molar-refractivity contribution in [2.45, 2.75) is 33.1 Å². The number of carbonyl (C=O) groups is 2. The number of nitrogens with one attached hydrogen (secondary N) is 1. The van der Waals surface area contributed by atoms with Gasteiger partial charge in [-0.2, -0.15) is 0 Å². The summed E-state index contributed by atoms with van der Waals surface area (Å²) in [7, 11) is 1.37. The van der Waals surface area contributed by atoms with Crippen molar-refractivity contribution in [3.8, 4) is 5.75 Å². The largest absolute Gasteiger partial charge is 0.465 e. The second-order valence-electron chi connectivity index (χ2n) is 7.56. The second kappa shape index (κ2) is 7.87. The van der Waals surface area contributed by atoms with Crippen LogP contribution in [0, 0.1) is 12.8 Å². The van der Waals surface area contributed by atoms with Gasteiger partial charge in [-0.05, 0) is 61.4 Å². The smallest absolute Gasteiger partial charge is 0.341 e. The predicted molar refractivity (Wildman–Crippen MR) is 114 cm³/mol. The molecule has 1 atom stereocenters. The molecular weight excluding hydrogens is 386 g/mol. The summed E-state index contributed by atoms with van der Waals surface area (Å²) in [5.41, 5.74) is 3.89. The van der Waals surface area contributed by atoms with Gasteiger partial charge in [0.15, 0.2) is 0 Å². The molecule has 150 valence electrons. The summed E-state index contributed by atoms with van der Waals surface area (Å²) in [5.74, 6) is 0.594. The van der Waals surface area contributed by atoms with E-state index in [-0.39, 0.29) is 5.91 Å². The number of ether oxygens (including phenoxy) is 2. The lowest BCUT2D eigenvalue weighted by Gasteiger charge is -2.18. The average molecular weight is 410 g/mol. The number of hydrogen-bond donors (Lipinski definition) is 1. The Bertz CT molecular complexity index is 1050. The van der Waals surface area contributed by atoms with Crippen LogP contribution < -0.4 is 10.1 Å². The SMILES string of the molecule is COC(=O)c1c(NC(=O)C2=Cc3ccc(C)cc3OC=C2)sc2c1CC[C@H](C)C2. The minimum absolute atomic E-state index is 0.282. The van der Waals surface area contributed by atoms with Crippen molar-refractivity contribution in [1.29, 1.82) is 0 Å². The fourth-order valence-corrected chi connectivity index (χ4v) is 5.13. The van der Waals surface area contributed by atoms with Crippen LogP contribution >= 0.6 is 11.3 Å². The normalized spacial score (nSPS) is 17.3. The molecule has 0 saturated carbocycles. The third-order valence-corrected chi connectivity index (χ3v) is 6.48. The van der Waals surface area contributed by atoms with Crippen molar-refractivity contribution in [1.82, 2.24) is 0 Å². The summed E-state index contributed by atoms with van der Waals surface area (Å²) in [6.45, 7) is 4.20. The van der Waals surface area contributed by atoms with Crippen molar-refractivity contribution in [3.05, 3.63) is 63.2 Å². The third kappa shape index (κ3) is 3.85. The van der Waals surface area contributed by atoms with Crippen molar-refractivity contribution in [2.24, 2.45) is 5.92 Å². The van der Waals surface area contributed by atoms with Crippen LogP contribution in [0.3, 0.4) is 0 Å². The van der Waals surface area contributed by atoms with Gasteiger partial charge >= 0.3 is 5.97 Å². The van der Waals surface area contributed by atoms with Crippen LogP contribution in [0.25, 0.3) is 6.08 Å². The van der Waals surface area contributed by atoms with Gasteiger partial charge in [-0.3, -0.25) is 4.79 Å². The number of esters is 1. The number of hydrogen-bond acceptors (Lipinski definition) is 5. The summed E-state index contributed by atoms with van der Waals surface area (Å²) >= 11 is 1.48. The van der Waals surface area contributed by atoms with Crippen molar-refractivity contribution in [3.63, 3.8) is 0 Å². The van der Waals surface area contributed by atoms with E-state index < -0.39 is 5.97 Å². The maximum atomic E-state index is 13.0. The summed E-state index contributed by atoms with van der Waals surface area (Å²) in [6.07, 6.45) is 7.72. The Hall–Kier alpha value is -2.86. The van der Waals surface area contributed by atoms with E-state index in [1.807, 2.05) is 25.1 Å². The van der Waals surface area contributed by atoms with Gasteiger partial charge in [0, 0.05) is 16.0 Å². The van der Waals surface area contributed by atoms with Gasteiger partial charge in [-0.1, -0.05) is 19.1 Å². The minimum Gasteiger partial charge on any atom is -0.465 e. The molecule has 0 saturated heterocycles. The maximum Gasteiger partial charge on any atom is 0.341 e. The minimum atomic E-state index is -0.401. The zero-order chi connectivity index (χ0) is 20.5. The van der Waals surface area contributed by atoms with Crippen molar-refractivity contribution in [2.75, 3.05) is 12.4 Å². The highest BCUT2D eigenvalue weighted by atomic mass is 32.1. The summed E-state index contributed by atoms with van der Waals surface area (Å²) in [5, 5.41) is 3.50. The molecule has 2 heterocycles. The molecule has 0 fully saturated rings. The quantitative estimate of drug-likeness (QED) is 0.733. The second-order valence-corrected chi connectivity index (χ2v) is 8.67. The predicted octanol–water partition coefficient (Wildman–Crippen LogP) is 4.90. The molecule has 2 aliphatic rings. The first-order chi connectivity index (χ1) is 14.0. The molecule has 6 heteroatoms. The number of amides is 1. The molecule has 5 nitrogen and oxygen atoms in total. The summed E-state index contributed by atoms with van der Waals surface area (Å²) < 4.78 is 10.6. The number of thiophene rings is 1. The standard InChI is InChI=1S/C23H23NO4S/c1-13-4-6-15-12-16(8-9-28-18(15)10-13)21(25)24-22-20(23(26)27-3)17-7-5-14(2)11-19(17)29-22/h4,6,8-10,12,14H,5,7,11H2,1-3H3,(H,24,25)/t14-/m0/s1. The number of carbonyl (C=O) groups excluding carboxylic acids is 2. The van der Waals surface area contributed by atoms with E-state index in [1.165, 1.54) is 24.7 Å². The van der Waals surface area contributed by atoms with E-state index in [2.05, 4.69) is 12.2 Å². The highest BCUT2D eigenvalue weighted by molar-refractivity contribution is 7.17. The van der Waals surface area contributed by atoms with Gasteiger partial charge < -0.3 is 14.8 Å². The fourth-order valence-electron chi connectivity index (χ4n) is 3.73. The Kier molecular flexibility index (Phi) is 5.28. The number of benzene rings is 1. The number of rotatable bonds is 3. The number of anilines is 1. The molecule has 0 spiro atoms. The molecule has 1 N–H and O–H groups in total. The van der Waals surface area contributed by atoms with Crippen molar-refractivity contribution < 1.29 is 19.1 Å². The first-order valence-corrected chi connectivity index (χ1v) is 10.5. The van der Waals surface area contributed by atoms with Gasteiger partial charge in [0.25, 0.3) is 5.91 Å². The Balaban J connectivity index is 1.66. The van der Waals surface area contributed by atoms with Crippen molar-refractivity contribution >= 4 is 34.3 Å². The zero-order valence-corrected chi connectivity index (χ0v) is 17.5. The first kappa shape index (κ1) is 19.5. The molecule has 29 heavy (non-hydrogen) atoms. The van der Waals surface area contributed by atoms with Gasteiger partial charge in [-0.15, -0.1) is 11.3 Å². The molecule has 1 aromatic carbocycles. The Morgan fingerprint density at radius 1 is 1.31 bits per heavy atom. The lowest BCUT2D eigenvalue weighted by Crippen LogP contribution is -2.16. The molecule has 4 rings (SSSR count). The van der Waals surface area contributed by atoms with Crippen LogP contribution in [-0.4, -0.2) is 19.0 Å². The Labute approximate surface area is 174 Å². The topological polar surface area (TPSA) is 64.6 Å². The van der Waals surface area contributed by atoms with Gasteiger partial charge in [-0.25, -0.2) is 4.79 Å². The first-order valence-electron chi connectivity index (χ1n) is 9.66. The molecule has 1 aliphatic heterocycles. The number of fused-ring (bicyclic) bond motifs is 2. The molecule has 1 amide bonds. The summed E-state index contributed by atoms with van der Waals surface area (Å²) in [4.78, 5) is 26.6. The van der Waals surface area contributed by atoms with Crippen LogP contribution in [-0.2, 0) is 22.4 Å². The summed E-state index contributed by atoms with van der Waals surface area (Å²) in [6, 6.07) is 5.83. The van der Waals surface area contributed by atoms with Gasteiger partial charge in [0.05, 0.1) is 18.9 Å². The van der Waals surface area contributed by atoms with Crippen LogP contribution in [0.1, 0.15) is 45.3 Å². The molecule has 1 aliphatic carbocycles. The lowest BCUT2D eigenvalue weighted by molar-refractivity contribution is -0.112. The van der Waals surface area contributed by atoms with Crippen LogP contribution in [0.4, 0.5) is 5.00 Å². The van der Waals surface area contributed by atoms with Gasteiger partial charge in [0.1, 0.15) is 10.8 Å². The molecular formula is C23H23NO4S. The Morgan fingerprint density at radius 3 is 2.93 bits per heavy atom. The zero-order valence-electron chi connectivity index (χ0n) is 16.7. The van der Waals surface area contributed by atoms with E-state index in [0.29, 0.717) is 27.8 Å². The van der Waals surface area contributed by atoms with Gasteiger partial charge in [0.2, 0.25) is 0 Å². The third-order valence-electron chi connectivity index (χ3n) is 5.31. The fraction of sp³-hybridized carbons (Fsp3) is 0.304. The molecule has 0 bridgehead atoms. The average Bonchev–Trinajstić information content (AvgIpc) is 2.90. The Morgan fingerprint density at radius 2 is 2.14 bits per heavy atom. The molecule has 0 unspecified atom stereocenters. The van der Waals surface area contributed by atoms with E-state index in [0.717, 1.165) is 40.8 Å². The maximum absolute atomic E-state index is 13.0. The molecule has 2 aromatic rings. The van der Waals surface area contributed by atoms with Crippen LogP contribution in [0.5, 0.6) is 5.75 Å². The number of aryl methyl sites for hydroxylation is 1. The highest BCUT2D eigenvalue weighted by Gasteiger charge is 2.29. The van der Waals surface area contributed by atoms with E-state index in [4.69, 9.17) is 9.47 Å². The molecule has 1 aromatic heterocycles. The molecule has 0 radical (unpaired) electrons. The van der Waals surface area contributed by atoms with Crippen LogP contribution in [0.2, 0.25) is 0 Å².